The average Bonchev–Trinajstić information content (AvgIpc) is 2.68. The van der Waals surface area contributed by atoms with Crippen LogP contribution >= 0.6 is 0 Å². The predicted octanol–water partition coefficient (Wildman–Crippen LogP) is 2.85. The smallest absolute Gasteiger partial charge is 0.285 e. The van der Waals surface area contributed by atoms with Gasteiger partial charge in [-0.15, -0.1) is 0 Å². The van der Waals surface area contributed by atoms with Gasteiger partial charge in [0.1, 0.15) is 0 Å². The Kier molecular flexibility index (Phi) is 4.88. The molecule has 0 bridgehead atoms. The summed E-state index contributed by atoms with van der Waals surface area (Å²) in [6.07, 6.45) is 3.00. The molecule has 19 heavy (non-hydrogen) atoms. The van der Waals surface area contributed by atoms with Crippen molar-refractivity contribution in [2.75, 3.05) is 26.7 Å². The fourth-order valence-electron chi connectivity index (χ4n) is 2.66. The van der Waals surface area contributed by atoms with Crippen LogP contribution in [0.4, 0.5) is 8.78 Å². The highest BCUT2D eigenvalue weighted by atomic mass is 19.3. The molecule has 106 valence electrons. The minimum absolute atomic E-state index is 0.105. The van der Waals surface area contributed by atoms with Crippen LogP contribution in [0.25, 0.3) is 0 Å². The zero-order valence-corrected chi connectivity index (χ0v) is 11.4. The molecule has 2 nitrogen and oxygen atoms in total. The highest BCUT2D eigenvalue weighted by Gasteiger charge is 2.34. The average molecular weight is 268 g/mol. The van der Waals surface area contributed by atoms with Crippen molar-refractivity contribution >= 4 is 0 Å². The molecule has 2 rings (SSSR count). The molecule has 0 radical (unpaired) electrons. The molecule has 0 aliphatic carbocycles. The van der Waals surface area contributed by atoms with Crippen LogP contribution in [0.1, 0.15) is 24.8 Å². The topological polar surface area (TPSA) is 15.3 Å². The van der Waals surface area contributed by atoms with E-state index in [0.717, 1.165) is 32.4 Å². The van der Waals surface area contributed by atoms with Crippen LogP contribution in [-0.4, -0.2) is 37.6 Å². The second-order valence-electron chi connectivity index (χ2n) is 5.32. The minimum atomic E-state index is -2.78. The maximum atomic E-state index is 14.2. The lowest BCUT2D eigenvalue weighted by molar-refractivity contribution is -0.0420. The summed E-state index contributed by atoms with van der Waals surface area (Å²) < 4.78 is 28.4. The molecule has 4 heteroatoms. The van der Waals surface area contributed by atoms with Gasteiger partial charge >= 0.3 is 0 Å². The Morgan fingerprint density at radius 2 is 1.95 bits per heavy atom. The maximum Gasteiger partial charge on any atom is 0.285 e. The van der Waals surface area contributed by atoms with Gasteiger partial charge in [0.05, 0.1) is 6.54 Å². The summed E-state index contributed by atoms with van der Waals surface area (Å²) in [4.78, 5) is 1.82. The summed E-state index contributed by atoms with van der Waals surface area (Å²) in [7, 11) is 1.81. The second kappa shape index (κ2) is 6.44. The molecule has 1 aliphatic rings. The Bertz CT molecular complexity index is 373. The third-order valence-corrected chi connectivity index (χ3v) is 3.81. The second-order valence-corrected chi connectivity index (χ2v) is 5.32. The Hall–Kier alpha value is -1.00. The van der Waals surface area contributed by atoms with Crippen LogP contribution in [0, 0.1) is 0 Å². The molecule has 0 amide bonds. The number of alkyl halides is 2. The molecule has 1 atom stereocenters. The summed E-state index contributed by atoms with van der Waals surface area (Å²) in [5.74, 6) is -2.78. The van der Waals surface area contributed by atoms with Crippen molar-refractivity contribution in [3.05, 3.63) is 35.9 Å². The van der Waals surface area contributed by atoms with E-state index in [1.54, 1.807) is 18.2 Å². The van der Waals surface area contributed by atoms with Crippen molar-refractivity contribution in [2.24, 2.45) is 0 Å². The number of hydrogen-bond acceptors (Lipinski definition) is 2. The summed E-state index contributed by atoms with van der Waals surface area (Å²) in [6, 6.07) is 8.35. The Morgan fingerprint density at radius 1 is 1.21 bits per heavy atom. The van der Waals surface area contributed by atoms with E-state index in [4.69, 9.17) is 0 Å². The third kappa shape index (κ3) is 3.98. The van der Waals surface area contributed by atoms with E-state index >= 15 is 0 Å². The fourth-order valence-corrected chi connectivity index (χ4v) is 2.66. The van der Waals surface area contributed by atoms with E-state index in [1.807, 2.05) is 11.9 Å². The van der Waals surface area contributed by atoms with Crippen LogP contribution in [0.2, 0.25) is 0 Å². The van der Waals surface area contributed by atoms with Crippen molar-refractivity contribution in [3.8, 4) is 0 Å². The number of benzene rings is 1. The van der Waals surface area contributed by atoms with Crippen LogP contribution < -0.4 is 5.32 Å². The van der Waals surface area contributed by atoms with Gasteiger partial charge in [0.25, 0.3) is 5.92 Å². The van der Waals surface area contributed by atoms with E-state index in [2.05, 4.69) is 5.32 Å². The maximum absolute atomic E-state index is 14.2. The molecule has 0 aromatic heterocycles. The van der Waals surface area contributed by atoms with Crippen molar-refractivity contribution < 1.29 is 8.78 Å². The summed E-state index contributed by atoms with van der Waals surface area (Å²) in [5, 5.41) is 3.31. The zero-order valence-electron chi connectivity index (χ0n) is 11.4. The number of rotatable bonds is 4. The van der Waals surface area contributed by atoms with Crippen LogP contribution in [-0.2, 0) is 5.92 Å². The van der Waals surface area contributed by atoms with Crippen LogP contribution in [0.3, 0.4) is 0 Å². The van der Waals surface area contributed by atoms with Crippen LogP contribution in [0.5, 0.6) is 0 Å². The largest absolute Gasteiger partial charge is 0.317 e. The third-order valence-electron chi connectivity index (χ3n) is 3.81. The first-order valence-electron chi connectivity index (χ1n) is 6.94. The molecule has 0 saturated carbocycles. The SMILES string of the molecule is CN(CC(F)(F)c1ccccc1)C1CCCNCC1. The summed E-state index contributed by atoms with van der Waals surface area (Å²) >= 11 is 0. The fraction of sp³-hybridized carbons (Fsp3) is 0.600. The first kappa shape index (κ1) is 14.4. The summed E-state index contributed by atoms with van der Waals surface area (Å²) in [6.45, 7) is 1.72. The van der Waals surface area contributed by atoms with Gasteiger partial charge in [0.15, 0.2) is 0 Å². The molecule has 1 aliphatic heterocycles. The molecule has 1 heterocycles. The van der Waals surface area contributed by atoms with Crippen molar-refractivity contribution in [1.29, 1.82) is 0 Å². The highest BCUT2D eigenvalue weighted by Crippen LogP contribution is 2.29. The van der Waals surface area contributed by atoms with E-state index in [0.29, 0.717) is 0 Å². The lowest BCUT2D eigenvalue weighted by Crippen LogP contribution is -2.40. The molecular formula is C15H22F2N2. The normalized spacial score (nSPS) is 21.4. The molecule has 1 unspecified atom stereocenters. The molecule has 1 aromatic rings. The van der Waals surface area contributed by atoms with Gasteiger partial charge in [-0.25, -0.2) is 0 Å². The molecule has 1 saturated heterocycles. The first-order chi connectivity index (χ1) is 9.09. The number of hydrogen-bond donors (Lipinski definition) is 1. The van der Waals surface area contributed by atoms with Crippen LogP contribution in [0.15, 0.2) is 30.3 Å². The van der Waals surface area contributed by atoms with E-state index in [-0.39, 0.29) is 18.2 Å². The Labute approximate surface area is 113 Å². The van der Waals surface area contributed by atoms with Gasteiger partial charge in [-0.3, -0.25) is 4.90 Å². The van der Waals surface area contributed by atoms with E-state index in [9.17, 15) is 8.78 Å². The van der Waals surface area contributed by atoms with E-state index < -0.39 is 5.92 Å². The number of nitrogens with one attached hydrogen (secondary N) is 1. The number of halogens is 2. The molecule has 1 N–H and O–H groups in total. The van der Waals surface area contributed by atoms with Crippen molar-refractivity contribution in [1.82, 2.24) is 10.2 Å². The van der Waals surface area contributed by atoms with Gasteiger partial charge < -0.3 is 5.32 Å². The number of likely N-dealkylation sites (N-methyl/N-ethyl adjacent to an activating group) is 1. The first-order valence-corrected chi connectivity index (χ1v) is 6.94. The van der Waals surface area contributed by atoms with Crippen molar-refractivity contribution in [2.45, 2.75) is 31.2 Å². The highest BCUT2D eigenvalue weighted by molar-refractivity contribution is 5.20. The van der Waals surface area contributed by atoms with Gasteiger partial charge in [0, 0.05) is 11.6 Å². The molecule has 1 aromatic carbocycles. The lowest BCUT2D eigenvalue weighted by Gasteiger charge is -2.30. The standard InChI is InChI=1S/C15H22F2N2/c1-19(14-8-5-10-18-11-9-14)12-15(16,17)13-6-3-2-4-7-13/h2-4,6-7,14,18H,5,8-12H2,1H3. The zero-order chi connectivity index (χ0) is 13.7. The quantitative estimate of drug-likeness (QED) is 0.903. The monoisotopic (exact) mass is 268 g/mol. The van der Waals surface area contributed by atoms with Gasteiger partial charge in [-0.05, 0) is 39.4 Å². The lowest BCUT2D eigenvalue weighted by atomic mass is 10.0. The van der Waals surface area contributed by atoms with Crippen molar-refractivity contribution in [3.63, 3.8) is 0 Å². The molecular weight excluding hydrogens is 246 g/mol. The van der Waals surface area contributed by atoms with Gasteiger partial charge in [-0.2, -0.15) is 8.78 Å². The Balaban J connectivity index is 1.98. The minimum Gasteiger partial charge on any atom is -0.317 e. The number of nitrogens with zero attached hydrogens (tertiary/aromatic N) is 1. The predicted molar refractivity (Wildman–Crippen MR) is 73.5 cm³/mol. The Morgan fingerprint density at radius 3 is 2.68 bits per heavy atom. The summed E-state index contributed by atoms with van der Waals surface area (Å²) in [5.41, 5.74) is 0.105. The van der Waals surface area contributed by atoms with Gasteiger partial charge in [-0.1, -0.05) is 30.3 Å². The molecule has 1 fully saturated rings. The molecule has 0 spiro atoms. The van der Waals surface area contributed by atoms with Gasteiger partial charge in [0.2, 0.25) is 0 Å². The van der Waals surface area contributed by atoms with E-state index in [1.165, 1.54) is 12.1 Å².